The summed E-state index contributed by atoms with van der Waals surface area (Å²) in [6, 6.07) is 5.03. The highest BCUT2D eigenvalue weighted by Crippen LogP contribution is 2.28. The van der Waals surface area contributed by atoms with E-state index in [1.165, 1.54) is 0 Å². The summed E-state index contributed by atoms with van der Waals surface area (Å²) in [6.07, 6.45) is 0.440. The highest BCUT2D eigenvalue weighted by molar-refractivity contribution is 5.98. The molecule has 2 N–H and O–H groups in total. The summed E-state index contributed by atoms with van der Waals surface area (Å²) in [6.45, 7) is 7.24. The number of carbonyl (C=O) groups excluding carboxylic acids is 2. The Balaban J connectivity index is 1.51. The third-order valence-corrected chi connectivity index (χ3v) is 4.09. The molecule has 24 heavy (non-hydrogen) atoms. The van der Waals surface area contributed by atoms with Crippen molar-refractivity contribution in [3.8, 4) is 5.75 Å². The maximum atomic E-state index is 12.3. The zero-order chi connectivity index (χ0) is 17.1. The first-order valence-corrected chi connectivity index (χ1v) is 8.24. The van der Waals surface area contributed by atoms with Gasteiger partial charge >= 0.3 is 0 Å². The van der Waals surface area contributed by atoms with Crippen LogP contribution in [0, 0.1) is 0 Å². The number of hydrogen-bond donors (Lipinski definition) is 2. The van der Waals surface area contributed by atoms with Crippen molar-refractivity contribution in [2.75, 3.05) is 38.1 Å². The van der Waals surface area contributed by atoms with Gasteiger partial charge in [0.15, 0.2) is 6.61 Å². The third kappa shape index (κ3) is 4.04. The van der Waals surface area contributed by atoms with Gasteiger partial charge in [0.05, 0.1) is 17.9 Å². The summed E-state index contributed by atoms with van der Waals surface area (Å²) >= 11 is 0. The van der Waals surface area contributed by atoms with E-state index in [1.807, 2.05) is 0 Å². The topological polar surface area (TPSA) is 79.9 Å². The molecule has 3 rings (SSSR count). The maximum Gasteiger partial charge on any atom is 0.262 e. The summed E-state index contributed by atoms with van der Waals surface area (Å²) in [4.78, 5) is 25.8. The van der Waals surface area contributed by atoms with Gasteiger partial charge in [-0.25, -0.2) is 0 Å². The van der Waals surface area contributed by atoms with Gasteiger partial charge in [-0.15, -0.1) is 0 Å². The van der Waals surface area contributed by atoms with Crippen molar-refractivity contribution in [3.05, 3.63) is 23.8 Å². The van der Waals surface area contributed by atoms with Crippen molar-refractivity contribution in [2.45, 2.75) is 26.1 Å². The van der Waals surface area contributed by atoms with E-state index in [0.29, 0.717) is 23.5 Å². The normalized spacial score (nSPS) is 23.8. The first-order valence-electron chi connectivity index (χ1n) is 8.24. The molecule has 0 saturated carbocycles. The monoisotopic (exact) mass is 333 g/mol. The Labute approximate surface area is 141 Å². The lowest BCUT2D eigenvalue weighted by atomic mass is 10.1. The molecule has 7 nitrogen and oxygen atoms in total. The maximum absolute atomic E-state index is 12.3. The van der Waals surface area contributed by atoms with Crippen molar-refractivity contribution < 1.29 is 19.1 Å². The van der Waals surface area contributed by atoms with Crippen molar-refractivity contribution in [2.24, 2.45) is 0 Å². The van der Waals surface area contributed by atoms with Crippen molar-refractivity contribution in [1.82, 2.24) is 10.2 Å². The number of carbonyl (C=O) groups is 2. The Morgan fingerprint density at radius 1 is 1.33 bits per heavy atom. The lowest BCUT2D eigenvalue weighted by molar-refractivity contribution is -0.118. The average Bonchev–Trinajstić information content (AvgIpc) is 2.53. The predicted molar refractivity (Wildman–Crippen MR) is 89.3 cm³/mol. The number of anilines is 1. The number of rotatable bonds is 4. The second kappa shape index (κ2) is 7.19. The second-order valence-corrected chi connectivity index (χ2v) is 6.32. The highest BCUT2D eigenvalue weighted by atomic mass is 16.5. The highest BCUT2D eigenvalue weighted by Gasteiger charge is 2.22. The Hall–Kier alpha value is -2.12. The molecule has 2 unspecified atom stereocenters. The smallest absolute Gasteiger partial charge is 0.262 e. The van der Waals surface area contributed by atoms with Crippen LogP contribution in [0.5, 0.6) is 5.75 Å². The van der Waals surface area contributed by atoms with E-state index in [2.05, 4.69) is 29.4 Å². The standard InChI is InChI=1S/C17H23N3O4/c1-11-8-20(9-12(2)24-11)6-5-18-17(22)13-3-4-14-15(7-13)23-10-16(21)19-14/h3-4,7,11-12H,5-6,8-10H2,1-2H3,(H,18,22)(H,19,21). The SMILES string of the molecule is CC1CN(CCNC(=O)c2ccc3c(c2)OCC(=O)N3)CC(C)O1. The minimum atomic E-state index is -0.186. The number of benzene rings is 1. The molecule has 0 aliphatic carbocycles. The quantitative estimate of drug-likeness (QED) is 0.854. The van der Waals surface area contributed by atoms with E-state index >= 15 is 0 Å². The predicted octanol–water partition coefficient (Wildman–Crippen LogP) is 0.856. The molecular weight excluding hydrogens is 310 g/mol. The van der Waals surface area contributed by atoms with E-state index < -0.39 is 0 Å². The van der Waals surface area contributed by atoms with Crippen molar-refractivity contribution in [3.63, 3.8) is 0 Å². The van der Waals surface area contributed by atoms with E-state index in [9.17, 15) is 9.59 Å². The zero-order valence-corrected chi connectivity index (χ0v) is 14.0. The summed E-state index contributed by atoms with van der Waals surface area (Å²) in [5.74, 6) is 0.194. The van der Waals surface area contributed by atoms with Gasteiger partial charge in [-0.2, -0.15) is 0 Å². The molecule has 2 aliphatic heterocycles. The molecule has 2 heterocycles. The number of nitrogens with zero attached hydrogens (tertiary/aromatic N) is 1. The van der Waals surface area contributed by atoms with Gasteiger partial charge in [0, 0.05) is 31.7 Å². The van der Waals surface area contributed by atoms with Gasteiger partial charge in [0.1, 0.15) is 5.75 Å². The van der Waals surface area contributed by atoms with Crippen LogP contribution in [0.15, 0.2) is 18.2 Å². The number of morpholine rings is 1. The van der Waals surface area contributed by atoms with Crippen LogP contribution in [0.2, 0.25) is 0 Å². The van der Waals surface area contributed by atoms with Crippen LogP contribution in [-0.4, -0.2) is 61.7 Å². The Morgan fingerprint density at radius 2 is 2.08 bits per heavy atom. The Morgan fingerprint density at radius 3 is 2.83 bits per heavy atom. The van der Waals surface area contributed by atoms with Crippen LogP contribution in [0.1, 0.15) is 24.2 Å². The molecule has 0 aromatic heterocycles. The van der Waals surface area contributed by atoms with Crippen LogP contribution in [0.4, 0.5) is 5.69 Å². The van der Waals surface area contributed by atoms with Gasteiger partial charge in [0.25, 0.3) is 11.8 Å². The minimum Gasteiger partial charge on any atom is -0.482 e. The molecule has 1 aromatic carbocycles. The van der Waals surface area contributed by atoms with Crippen LogP contribution >= 0.6 is 0 Å². The number of nitrogens with one attached hydrogen (secondary N) is 2. The average molecular weight is 333 g/mol. The van der Waals surface area contributed by atoms with E-state index in [0.717, 1.165) is 19.6 Å². The molecule has 2 amide bonds. The molecule has 1 fully saturated rings. The van der Waals surface area contributed by atoms with E-state index in [-0.39, 0.29) is 30.6 Å². The van der Waals surface area contributed by atoms with Crippen molar-refractivity contribution in [1.29, 1.82) is 0 Å². The third-order valence-electron chi connectivity index (χ3n) is 4.09. The van der Waals surface area contributed by atoms with Gasteiger partial charge in [-0.05, 0) is 32.0 Å². The second-order valence-electron chi connectivity index (χ2n) is 6.32. The fourth-order valence-corrected chi connectivity index (χ4v) is 3.11. The molecule has 2 atom stereocenters. The van der Waals surface area contributed by atoms with Gasteiger partial charge < -0.3 is 20.1 Å². The summed E-state index contributed by atoms with van der Waals surface area (Å²) in [5.41, 5.74) is 1.12. The molecule has 1 saturated heterocycles. The molecule has 0 radical (unpaired) electrons. The van der Waals surface area contributed by atoms with Crippen LogP contribution in [0.3, 0.4) is 0 Å². The van der Waals surface area contributed by atoms with Gasteiger partial charge in [-0.3, -0.25) is 14.5 Å². The van der Waals surface area contributed by atoms with Gasteiger partial charge in [0.2, 0.25) is 0 Å². The Bertz CT molecular complexity index is 624. The Kier molecular flexibility index (Phi) is 5.01. The molecule has 1 aromatic rings. The van der Waals surface area contributed by atoms with Crippen LogP contribution in [0.25, 0.3) is 0 Å². The molecule has 7 heteroatoms. The van der Waals surface area contributed by atoms with Crippen molar-refractivity contribution >= 4 is 17.5 Å². The number of hydrogen-bond acceptors (Lipinski definition) is 5. The van der Waals surface area contributed by atoms with E-state index in [1.54, 1.807) is 18.2 Å². The molecule has 0 spiro atoms. The summed E-state index contributed by atoms with van der Waals surface area (Å²) in [7, 11) is 0. The van der Waals surface area contributed by atoms with Crippen LogP contribution < -0.4 is 15.4 Å². The first kappa shape index (κ1) is 16.7. The lowest BCUT2D eigenvalue weighted by Gasteiger charge is -2.35. The fraction of sp³-hybridized carbons (Fsp3) is 0.529. The molecule has 130 valence electrons. The molecule has 0 bridgehead atoms. The van der Waals surface area contributed by atoms with Crippen LogP contribution in [-0.2, 0) is 9.53 Å². The fourth-order valence-electron chi connectivity index (χ4n) is 3.11. The summed E-state index contributed by atoms with van der Waals surface area (Å²) in [5, 5.41) is 5.63. The lowest BCUT2D eigenvalue weighted by Crippen LogP contribution is -2.47. The van der Waals surface area contributed by atoms with Gasteiger partial charge in [-0.1, -0.05) is 0 Å². The largest absolute Gasteiger partial charge is 0.482 e. The zero-order valence-electron chi connectivity index (χ0n) is 14.0. The number of fused-ring (bicyclic) bond motifs is 1. The summed E-state index contributed by atoms with van der Waals surface area (Å²) < 4.78 is 11.0. The molecular formula is C17H23N3O4. The first-order chi connectivity index (χ1) is 11.5. The number of amides is 2. The number of ether oxygens (including phenoxy) is 2. The van der Waals surface area contributed by atoms with E-state index in [4.69, 9.17) is 9.47 Å². The minimum absolute atomic E-state index is 0.0223. The molecule has 2 aliphatic rings.